The molecule has 19 heavy (non-hydrogen) atoms. The minimum atomic E-state index is 0.274. The van der Waals surface area contributed by atoms with Crippen LogP contribution >= 0.6 is 11.3 Å². The molecule has 4 heteroatoms. The molecule has 2 rings (SSSR count). The van der Waals surface area contributed by atoms with Crippen LogP contribution in [-0.2, 0) is 11.3 Å². The zero-order valence-corrected chi connectivity index (χ0v) is 12.7. The van der Waals surface area contributed by atoms with Gasteiger partial charge >= 0.3 is 0 Å². The Balaban J connectivity index is 1.85. The van der Waals surface area contributed by atoms with Crippen LogP contribution in [-0.4, -0.2) is 29.9 Å². The molecule has 0 radical (unpaired) electrons. The fourth-order valence-corrected chi connectivity index (χ4v) is 3.26. The maximum Gasteiger partial charge on any atom is 0.223 e. The Bertz CT molecular complexity index is 383. The summed E-state index contributed by atoms with van der Waals surface area (Å²) in [6.45, 7) is 7.16. The van der Waals surface area contributed by atoms with Crippen molar-refractivity contribution in [3.63, 3.8) is 0 Å². The van der Waals surface area contributed by atoms with Crippen LogP contribution in [0.2, 0.25) is 0 Å². The normalized spacial score (nSPS) is 19.0. The molecule has 1 aromatic heterocycles. The van der Waals surface area contributed by atoms with E-state index in [0.29, 0.717) is 18.2 Å². The molecule has 0 spiro atoms. The maximum absolute atomic E-state index is 12.4. The van der Waals surface area contributed by atoms with Crippen molar-refractivity contribution in [2.75, 3.05) is 13.1 Å². The van der Waals surface area contributed by atoms with Crippen LogP contribution in [0.3, 0.4) is 0 Å². The fourth-order valence-electron chi connectivity index (χ4n) is 2.56. The highest BCUT2D eigenvalue weighted by molar-refractivity contribution is 7.09. The van der Waals surface area contributed by atoms with Gasteiger partial charge in [-0.2, -0.15) is 0 Å². The number of rotatable bonds is 6. The first-order chi connectivity index (χ1) is 9.16. The standard InChI is InChI=1S/C15H24N2OS/c1-12(2)17(11-14-4-3-9-19-14)15(18)6-5-13-7-8-16-10-13/h3-4,9,12-13,16H,5-8,10-11H2,1-2H3. The molecule has 1 amide bonds. The van der Waals surface area contributed by atoms with Crippen molar-refractivity contribution < 1.29 is 4.79 Å². The minimum Gasteiger partial charge on any atom is -0.335 e. The molecule has 2 heterocycles. The number of nitrogens with one attached hydrogen (secondary N) is 1. The number of carbonyl (C=O) groups excluding carboxylic acids is 1. The highest BCUT2D eigenvalue weighted by Crippen LogP contribution is 2.18. The van der Waals surface area contributed by atoms with Gasteiger partial charge in [0, 0.05) is 17.3 Å². The van der Waals surface area contributed by atoms with E-state index in [0.717, 1.165) is 26.1 Å². The Hall–Kier alpha value is -0.870. The quantitative estimate of drug-likeness (QED) is 0.869. The number of nitrogens with zero attached hydrogens (tertiary/aromatic N) is 1. The van der Waals surface area contributed by atoms with Gasteiger partial charge in [-0.25, -0.2) is 0 Å². The summed E-state index contributed by atoms with van der Waals surface area (Å²) in [5.74, 6) is 0.995. The molecule has 3 nitrogen and oxygen atoms in total. The van der Waals surface area contributed by atoms with Gasteiger partial charge in [0.2, 0.25) is 5.91 Å². The molecule has 0 saturated carbocycles. The van der Waals surface area contributed by atoms with E-state index in [2.05, 4.69) is 30.6 Å². The zero-order chi connectivity index (χ0) is 13.7. The van der Waals surface area contributed by atoms with Crippen LogP contribution in [0.15, 0.2) is 17.5 Å². The average molecular weight is 280 g/mol. The number of amides is 1. The second kappa shape index (κ2) is 7.06. The van der Waals surface area contributed by atoms with E-state index in [-0.39, 0.29) is 6.04 Å². The third-order valence-electron chi connectivity index (χ3n) is 3.78. The van der Waals surface area contributed by atoms with Gasteiger partial charge in [0.25, 0.3) is 0 Å². The largest absolute Gasteiger partial charge is 0.335 e. The average Bonchev–Trinajstić information content (AvgIpc) is 3.05. The Morgan fingerprint density at radius 2 is 2.42 bits per heavy atom. The SMILES string of the molecule is CC(C)N(Cc1cccs1)C(=O)CCC1CCNC1. The second-order valence-electron chi connectivity index (χ2n) is 5.59. The van der Waals surface area contributed by atoms with Crippen molar-refractivity contribution in [3.8, 4) is 0 Å². The van der Waals surface area contributed by atoms with Gasteiger partial charge in [0.05, 0.1) is 6.54 Å². The van der Waals surface area contributed by atoms with E-state index in [1.807, 2.05) is 11.0 Å². The second-order valence-corrected chi connectivity index (χ2v) is 6.62. The smallest absolute Gasteiger partial charge is 0.223 e. The molecule has 1 unspecified atom stereocenters. The number of hydrogen-bond donors (Lipinski definition) is 1. The van der Waals surface area contributed by atoms with E-state index >= 15 is 0 Å². The van der Waals surface area contributed by atoms with Crippen molar-refractivity contribution in [1.82, 2.24) is 10.2 Å². The van der Waals surface area contributed by atoms with Crippen molar-refractivity contribution in [3.05, 3.63) is 22.4 Å². The summed E-state index contributed by atoms with van der Waals surface area (Å²) in [7, 11) is 0. The van der Waals surface area contributed by atoms with Gasteiger partial charge < -0.3 is 10.2 Å². The highest BCUT2D eigenvalue weighted by Gasteiger charge is 2.20. The van der Waals surface area contributed by atoms with E-state index in [1.54, 1.807) is 11.3 Å². The minimum absolute atomic E-state index is 0.274. The van der Waals surface area contributed by atoms with E-state index < -0.39 is 0 Å². The molecule has 1 aromatic rings. The van der Waals surface area contributed by atoms with E-state index in [9.17, 15) is 4.79 Å². The molecule has 106 valence electrons. The monoisotopic (exact) mass is 280 g/mol. The lowest BCUT2D eigenvalue weighted by Crippen LogP contribution is -2.36. The first kappa shape index (κ1) is 14.5. The Labute approximate surface area is 120 Å². The van der Waals surface area contributed by atoms with Crippen LogP contribution in [0.25, 0.3) is 0 Å². The van der Waals surface area contributed by atoms with Gasteiger partial charge in [0.1, 0.15) is 0 Å². The van der Waals surface area contributed by atoms with Gasteiger partial charge in [-0.1, -0.05) is 6.07 Å². The summed E-state index contributed by atoms with van der Waals surface area (Å²) in [5.41, 5.74) is 0. The molecular formula is C15H24N2OS. The lowest BCUT2D eigenvalue weighted by molar-refractivity contribution is -0.133. The van der Waals surface area contributed by atoms with Crippen LogP contribution < -0.4 is 5.32 Å². The lowest BCUT2D eigenvalue weighted by Gasteiger charge is -2.26. The van der Waals surface area contributed by atoms with E-state index in [4.69, 9.17) is 0 Å². The van der Waals surface area contributed by atoms with Crippen molar-refractivity contribution in [2.45, 2.75) is 45.7 Å². The first-order valence-corrected chi connectivity index (χ1v) is 8.07. The molecule has 1 aliphatic rings. The lowest BCUT2D eigenvalue weighted by atomic mass is 10.0. The summed E-state index contributed by atoms with van der Waals surface area (Å²) in [5, 5.41) is 5.43. The molecule has 0 bridgehead atoms. The molecule has 1 saturated heterocycles. The van der Waals surface area contributed by atoms with Crippen LogP contribution in [0.5, 0.6) is 0 Å². The predicted molar refractivity (Wildman–Crippen MR) is 80.2 cm³/mol. The third-order valence-corrected chi connectivity index (χ3v) is 4.64. The molecule has 1 fully saturated rings. The van der Waals surface area contributed by atoms with Gasteiger partial charge in [0.15, 0.2) is 0 Å². The topological polar surface area (TPSA) is 32.3 Å². The summed E-state index contributed by atoms with van der Waals surface area (Å²) in [4.78, 5) is 15.7. The van der Waals surface area contributed by atoms with Gasteiger partial charge in [-0.05, 0) is 57.1 Å². The molecule has 1 aliphatic heterocycles. The Kier molecular flexibility index (Phi) is 5.40. The van der Waals surface area contributed by atoms with Gasteiger partial charge in [-0.3, -0.25) is 4.79 Å². The number of hydrogen-bond acceptors (Lipinski definition) is 3. The highest BCUT2D eigenvalue weighted by atomic mass is 32.1. The van der Waals surface area contributed by atoms with Crippen LogP contribution in [0.1, 0.15) is 38.0 Å². The van der Waals surface area contributed by atoms with Crippen LogP contribution in [0, 0.1) is 5.92 Å². The fraction of sp³-hybridized carbons (Fsp3) is 0.667. The number of thiophene rings is 1. The zero-order valence-electron chi connectivity index (χ0n) is 11.9. The Morgan fingerprint density at radius 3 is 3.00 bits per heavy atom. The summed E-state index contributed by atoms with van der Waals surface area (Å²) < 4.78 is 0. The molecule has 0 aromatic carbocycles. The first-order valence-electron chi connectivity index (χ1n) is 7.19. The molecule has 0 aliphatic carbocycles. The summed E-state index contributed by atoms with van der Waals surface area (Å²) in [6, 6.07) is 4.43. The molecule has 1 atom stereocenters. The number of carbonyl (C=O) groups is 1. The van der Waals surface area contributed by atoms with Gasteiger partial charge in [-0.15, -0.1) is 11.3 Å². The Morgan fingerprint density at radius 1 is 1.58 bits per heavy atom. The predicted octanol–water partition coefficient (Wildman–Crippen LogP) is 2.87. The maximum atomic E-state index is 12.4. The van der Waals surface area contributed by atoms with Crippen molar-refractivity contribution >= 4 is 17.2 Å². The molecule has 1 N–H and O–H groups in total. The van der Waals surface area contributed by atoms with Crippen molar-refractivity contribution in [2.24, 2.45) is 5.92 Å². The van der Waals surface area contributed by atoms with E-state index in [1.165, 1.54) is 11.3 Å². The molecular weight excluding hydrogens is 256 g/mol. The third kappa shape index (κ3) is 4.32. The summed E-state index contributed by atoms with van der Waals surface area (Å²) >= 11 is 1.73. The summed E-state index contributed by atoms with van der Waals surface area (Å²) in [6.07, 6.45) is 2.94. The van der Waals surface area contributed by atoms with Crippen LogP contribution in [0.4, 0.5) is 0 Å². The van der Waals surface area contributed by atoms with Crippen molar-refractivity contribution in [1.29, 1.82) is 0 Å².